The topological polar surface area (TPSA) is 67.4 Å². The molecule has 4 bridgehead atoms. The number of hydrogen-bond donors (Lipinski definition) is 2. The number of benzene rings is 1. The molecule has 0 aliphatic heterocycles. The first-order valence-corrected chi connectivity index (χ1v) is 11.2. The van der Waals surface area contributed by atoms with Gasteiger partial charge in [0.1, 0.15) is 5.75 Å². The van der Waals surface area contributed by atoms with E-state index >= 15 is 0 Å². The number of carbonyl (C=O) groups excluding carboxylic acids is 2. The Morgan fingerprint density at radius 1 is 1.00 bits per heavy atom. The van der Waals surface area contributed by atoms with Gasteiger partial charge in [-0.2, -0.15) is 0 Å². The van der Waals surface area contributed by atoms with Crippen LogP contribution in [0.3, 0.4) is 0 Å². The number of rotatable bonds is 8. The molecular weight excluding hydrogens is 364 g/mol. The third-order valence-corrected chi connectivity index (χ3v) is 6.94. The predicted molar refractivity (Wildman–Crippen MR) is 112 cm³/mol. The summed E-state index contributed by atoms with van der Waals surface area (Å²) in [7, 11) is 0. The summed E-state index contributed by atoms with van der Waals surface area (Å²) in [6.45, 7) is 4.91. The Kier molecular flexibility index (Phi) is 5.84. The summed E-state index contributed by atoms with van der Waals surface area (Å²) >= 11 is 0. The largest absolute Gasteiger partial charge is 0.491 e. The van der Waals surface area contributed by atoms with Crippen molar-refractivity contribution in [1.29, 1.82) is 0 Å². The van der Waals surface area contributed by atoms with Gasteiger partial charge in [0, 0.05) is 24.9 Å². The maximum Gasteiger partial charge on any atom is 0.226 e. The van der Waals surface area contributed by atoms with E-state index in [-0.39, 0.29) is 23.3 Å². The molecule has 0 spiro atoms. The van der Waals surface area contributed by atoms with Gasteiger partial charge >= 0.3 is 0 Å². The quantitative estimate of drug-likeness (QED) is 0.700. The summed E-state index contributed by atoms with van der Waals surface area (Å²) in [4.78, 5) is 25.1. The van der Waals surface area contributed by atoms with Crippen LogP contribution in [0.1, 0.15) is 64.4 Å². The molecule has 4 saturated carbocycles. The molecule has 0 saturated heterocycles. The van der Waals surface area contributed by atoms with Crippen LogP contribution in [-0.4, -0.2) is 24.5 Å². The second-order valence-corrected chi connectivity index (χ2v) is 9.79. The number of hydrogen-bond acceptors (Lipinski definition) is 3. The van der Waals surface area contributed by atoms with Crippen molar-refractivity contribution < 1.29 is 14.3 Å². The molecule has 4 fully saturated rings. The fourth-order valence-corrected chi connectivity index (χ4v) is 6.11. The molecule has 0 atom stereocenters. The molecule has 158 valence electrons. The van der Waals surface area contributed by atoms with Crippen LogP contribution in [0.25, 0.3) is 0 Å². The Morgan fingerprint density at radius 2 is 1.59 bits per heavy atom. The number of carbonyl (C=O) groups is 2. The molecule has 29 heavy (non-hydrogen) atoms. The van der Waals surface area contributed by atoms with Gasteiger partial charge in [-0.3, -0.25) is 9.59 Å². The van der Waals surface area contributed by atoms with E-state index in [1.807, 2.05) is 38.1 Å². The molecule has 0 unspecified atom stereocenters. The van der Waals surface area contributed by atoms with Crippen molar-refractivity contribution in [2.24, 2.45) is 23.2 Å². The summed E-state index contributed by atoms with van der Waals surface area (Å²) in [5, 5.41) is 6.02. The lowest BCUT2D eigenvalue weighted by Crippen LogP contribution is -2.53. The first kappa shape index (κ1) is 20.2. The summed E-state index contributed by atoms with van der Waals surface area (Å²) < 4.78 is 5.63. The van der Waals surface area contributed by atoms with Crippen molar-refractivity contribution in [3.05, 3.63) is 29.8 Å². The van der Waals surface area contributed by atoms with Gasteiger partial charge in [0.15, 0.2) is 0 Å². The highest BCUT2D eigenvalue weighted by Crippen LogP contribution is 2.60. The van der Waals surface area contributed by atoms with Crippen LogP contribution >= 0.6 is 0 Å². The van der Waals surface area contributed by atoms with Crippen LogP contribution in [0, 0.1) is 23.2 Å². The van der Waals surface area contributed by atoms with Gasteiger partial charge < -0.3 is 15.4 Å². The van der Waals surface area contributed by atoms with Crippen LogP contribution in [0.5, 0.6) is 5.75 Å². The van der Waals surface area contributed by atoms with Gasteiger partial charge in [0.05, 0.1) is 6.10 Å². The van der Waals surface area contributed by atoms with Crippen molar-refractivity contribution in [3.8, 4) is 5.75 Å². The van der Waals surface area contributed by atoms with Gasteiger partial charge in [-0.05, 0) is 87.8 Å². The molecule has 5 heteroatoms. The molecular formula is C24H34N2O3. The average Bonchev–Trinajstić information content (AvgIpc) is 2.66. The van der Waals surface area contributed by atoms with E-state index in [4.69, 9.17) is 4.74 Å². The first-order valence-electron chi connectivity index (χ1n) is 11.2. The van der Waals surface area contributed by atoms with Crippen LogP contribution in [0.2, 0.25) is 0 Å². The SMILES string of the molecule is CC(C)Oc1ccc(CNC(=O)CCNC(=O)C23CC4CC(CC(C4)C2)C3)cc1. The van der Waals surface area contributed by atoms with Gasteiger partial charge in [-0.25, -0.2) is 0 Å². The van der Waals surface area contributed by atoms with Crippen molar-refractivity contribution in [2.45, 2.75) is 71.4 Å². The molecule has 4 aliphatic carbocycles. The molecule has 1 aromatic carbocycles. The van der Waals surface area contributed by atoms with E-state index in [0.29, 0.717) is 19.5 Å². The van der Waals surface area contributed by atoms with E-state index in [0.717, 1.165) is 48.3 Å². The lowest BCUT2D eigenvalue weighted by atomic mass is 9.49. The van der Waals surface area contributed by atoms with Crippen molar-refractivity contribution >= 4 is 11.8 Å². The van der Waals surface area contributed by atoms with Crippen LogP contribution in [0.15, 0.2) is 24.3 Å². The maximum absolute atomic E-state index is 12.9. The summed E-state index contributed by atoms with van der Waals surface area (Å²) in [5.41, 5.74) is 0.900. The minimum absolute atomic E-state index is 0.0293. The zero-order valence-electron chi connectivity index (χ0n) is 17.7. The molecule has 0 radical (unpaired) electrons. The van der Waals surface area contributed by atoms with Crippen molar-refractivity contribution in [3.63, 3.8) is 0 Å². The number of amides is 2. The molecule has 1 aromatic rings. The minimum atomic E-state index is -0.134. The first-order chi connectivity index (χ1) is 13.9. The Bertz CT molecular complexity index is 706. The number of nitrogens with one attached hydrogen (secondary N) is 2. The van der Waals surface area contributed by atoms with Gasteiger partial charge in [-0.1, -0.05) is 12.1 Å². The number of ether oxygens (including phenoxy) is 1. The van der Waals surface area contributed by atoms with Crippen LogP contribution in [-0.2, 0) is 16.1 Å². The summed E-state index contributed by atoms with van der Waals surface area (Å²) in [6, 6.07) is 7.78. The molecule has 0 heterocycles. The lowest BCUT2D eigenvalue weighted by Gasteiger charge is -2.55. The second-order valence-electron chi connectivity index (χ2n) is 9.79. The molecule has 5 nitrogen and oxygen atoms in total. The normalized spacial score (nSPS) is 29.7. The standard InChI is InChI=1S/C24H34N2O3/c1-16(2)29-21-5-3-17(4-6-21)15-26-22(27)7-8-25-23(28)24-12-18-9-19(13-24)11-20(10-18)14-24/h3-6,16,18-20H,7-15H2,1-2H3,(H,25,28)(H,26,27). The summed E-state index contributed by atoms with van der Waals surface area (Å²) in [6.07, 6.45) is 7.66. The van der Waals surface area contributed by atoms with Crippen molar-refractivity contribution in [1.82, 2.24) is 10.6 Å². The van der Waals surface area contributed by atoms with Gasteiger partial charge in [-0.15, -0.1) is 0 Å². The Hall–Kier alpha value is -2.04. The minimum Gasteiger partial charge on any atom is -0.491 e. The van der Waals surface area contributed by atoms with E-state index in [1.54, 1.807) is 0 Å². The lowest BCUT2D eigenvalue weighted by molar-refractivity contribution is -0.146. The molecule has 2 amide bonds. The summed E-state index contributed by atoms with van der Waals surface area (Å²) in [5.74, 6) is 3.28. The zero-order valence-corrected chi connectivity index (χ0v) is 17.7. The van der Waals surface area contributed by atoms with Gasteiger partial charge in [0.25, 0.3) is 0 Å². The van der Waals surface area contributed by atoms with E-state index in [2.05, 4.69) is 10.6 Å². The highest BCUT2D eigenvalue weighted by Gasteiger charge is 2.54. The predicted octanol–water partition coefficient (Wildman–Crippen LogP) is 3.81. The highest BCUT2D eigenvalue weighted by atomic mass is 16.5. The fourth-order valence-electron chi connectivity index (χ4n) is 6.11. The molecule has 4 aliphatic rings. The van der Waals surface area contributed by atoms with Gasteiger partial charge in [0.2, 0.25) is 11.8 Å². The Morgan fingerprint density at radius 3 is 2.14 bits per heavy atom. The second kappa shape index (κ2) is 8.37. The Labute approximate surface area is 174 Å². The third kappa shape index (κ3) is 4.76. The van der Waals surface area contributed by atoms with Crippen molar-refractivity contribution in [2.75, 3.05) is 6.54 Å². The zero-order chi connectivity index (χ0) is 20.4. The maximum atomic E-state index is 12.9. The molecule has 5 rings (SSSR count). The molecule has 0 aromatic heterocycles. The van der Waals surface area contributed by atoms with Crippen LogP contribution in [0.4, 0.5) is 0 Å². The molecule has 2 N–H and O–H groups in total. The van der Waals surface area contributed by atoms with E-state index < -0.39 is 0 Å². The van der Waals surface area contributed by atoms with E-state index in [1.165, 1.54) is 19.3 Å². The average molecular weight is 399 g/mol. The monoisotopic (exact) mass is 398 g/mol. The smallest absolute Gasteiger partial charge is 0.226 e. The third-order valence-electron chi connectivity index (χ3n) is 6.94. The highest BCUT2D eigenvalue weighted by molar-refractivity contribution is 5.84. The fraction of sp³-hybridized carbons (Fsp3) is 0.667. The van der Waals surface area contributed by atoms with Crippen LogP contribution < -0.4 is 15.4 Å². The Balaban J connectivity index is 1.18. The van der Waals surface area contributed by atoms with E-state index in [9.17, 15) is 9.59 Å².